The topological polar surface area (TPSA) is 46.5 Å². The summed E-state index contributed by atoms with van der Waals surface area (Å²) >= 11 is 2.47. The second-order valence-corrected chi connectivity index (χ2v) is 3.47. The Labute approximate surface area is 84.7 Å². The first-order valence-electron chi connectivity index (χ1n) is 3.82. The zero-order valence-corrected chi connectivity index (χ0v) is 9.04. The number of halogens is 2. The third-order valence-corrected chi connectivity index (χ3v) is 2.09. The Bertz CT molecular complexity index is 204. The Kier molecular flexibility index (Phi) is 5.17. The fourth-order valence-corrected chi connectivity index (χ4v) is 0.918. The summed E-state index contributed by atoms with van der Waals surface area (Å²) in [5.74, 6) is -1.12. The number of ether oxygens (including phenoxy) is 1. The summed E-state index contributed by atoms with van der Waals surface area (Å²) in [5.41, 5.74) is 0. The molecule has 0 saturated carbocycles. The van der Waals surface area contributed by atoms with E-state index < -0.39 is 16.7 Å². The number of aliphatic hydroxyl groups is 1. The van der Waals surface area contributed by atoms with E-state index in [-0.39, 0.29) is 6.61 Å². The quantitative estimate of drug-likeness (QED) is 0.471. The highest BCUT2D eigenvalue weighted by atomic mass is 79.9. The highest BCUT2D eigenvalue weighted by Crippen LogP contribution is 2.27. The minimum absolute atomic E-state index is 0.0681. The van der Waals surface area contributed by atoms with Crippen molar-refractivity contribution in [1.29, 1.82) is 0 Å². The summed E-state index contributed by atoms with van der Waals surface area (Å²) in [6, 6.07) is 0. The molecule has 0 saturated heterocycles. The van der Waals surface area contributed by atoms with Crippen LogP contribution >= 0.6 is 15.9 Å². The molecule has 0 fully saturated rings. The zero-order valence-electron chi connectivity index (χ0n) is 7.46. The predicted octanol–water partition coefficient (Wildman–Crippen LogP) is 1.55. The van der Waals surface area contributed by atoms with E-state index in [1.165, 1.54) is 6.08 Å². The van der Waals surface area contributed by atoms with Gasteiger partial charge in [0.15, 0.2) is 0 Å². The summed E-state index contributed by atoms with van der Waals surface area (Å²) in [6.07, 6.45) is 1.06. The van der Waals surface area contributed by atoms with E-state index in [0.717, 1.165) is 6.08 Å². The molecule has 0 aromatic carbocycles. The molecule has 13 heavy (non-hydrogen) atoms. The van der Waals surface area contributed by atoms with Crippen LogP contribution in [0.25, 0.3) is 0 Å². The molecule has 5 heteroatoms. The lowest BCUT2D eigenvalue weighted by Crippen LogP contribution is -2.40. The maximum Gasteiger partial charge on any atom is 0.358 e. The first-order chi connectivity index (χ1) is 5.96. The number of allylic oxidation sites excluding steroid dienone is 1. The average molecular weight is 255 g/mol. The van der Waals surface area contributed by atoms with Crippen LogP contribution in [0.3, 0.4) is 0 Å². The van der Waals surface area contributed by atoms with Crippen molar-refractivity contribution in [2.45, 2.75) is 24.5 Å². The van der Waals surface area contributed by atoms with E-state index in [2.05, 4.69) is 20.7 Å². The molecule has 0 unspecified atom stereocenters. The van der Waals surface area contributed by atoms with Crippen molar-refractivity contribution in [3.8, 4) is 0 Å². The van der Waals surface area contributed by atoms with Crippen LogP contribution in [-0.4, -0.2) is 28.4 Å². The normalized spacial score (nSPS) is 18.2. The largest absolute Gasteiger partial charge is 0.463 e. The molecule has 0 spiro atoms. The van der Waals surface area contributed by atoms with Gasteiger partial charge >= 0.3 is 5.97 Å². The Morgan fingerprint density at radius 3 is 2.77 bits per heavy atom. The van der Waals surface area contributed by atoms with Crippen LogP contribution < -0.4 is 0 Å². The summed E-state index contributed by atoms with van der Waals surface area (Å²) in [7, 11) is 0. The highest BCUT2D eigenvalue weighted by molar-refractivity contribution is 9.10. The Balaban J connectivity index is 4.44. The molecule has 0 heterocycles. The minimum Gasteiger partial charge on any atom is -0.463 e. The summed E-state index contributed by atoms with van der Waals surface area (Å²) in [5, 5.41) is 9.16. The number of aliphatic hydroxyl groups excluding tert-OH is 1. The standard InChI is InChI=1S/C8H12BrFO3/c1-3-5-6(11)8(9,10)7(12)13-4-2/h3,5-6,11H,4H2,1-2H3/b5-3+/t6-,8-/m0/s1. The molecule has 0 amide bonds. The van der Waals surface area contributed by atoms with Gasteiger partial charge in [-0.25, -0.2) is 9.18 Å². The molecular weight excluding hydrogens is 243 g/mol. The van der Waals surface area contributed by atoms with Crippen LogP contribution in [0.4, 0.5) is 4.39 Å². The van der Waals surface area contributed by atoms with Gasteiger partial charge in [0.05, 0.1) is 6.61 Å². The maximum absolute atomic E-state index is 13.4. The van der Waals surface area contributed by atoms with E-state index in [9.17, 15) is 9.18 Å². The first-order valence-corrected chi connectivity index (χ1v) is 4.62. The van der Waals surface area contributed by atoms with E-state index in [0.29, 0.717) is 0 Å². The molecule has 0 aliphatic rings. The van der Waals surface area contributed by atoms with Gasteiger partial charge in [-0.3, -0.25) is 0 Å². The van der Waals surface area contributed by atoms with E-state index in [1.807, 2.05) is 0 Å². The minimum atomic E-state index is -2.56. The van der Waals surface area contributed by atoms with Crippen molar-refractivity contribution < 1.29 is 19.0 Å². The number of hydrogen-bond donors (Lipinski definition) is 1. The van der Waals surface area contributed by atoms with Gasteiger partial charge < -0.3 is 9.84 Å². The number of esters is 1. The van der Waals surface area contributed by atoms with Crippen LogP contribution in [-0.2, 0) is 9.53 Å². The molecule has 76 valence electrons. The Hall–Kier alpha value is -0.420. The number of hydrogen-bond acceptors (Lipinski definition) is 3. The van der Waals surface area contributed by atoms with Gasteiger partial charge in [0.2, 0.25) is 0 Å². The van der Waals surface area contributed by atoms with Gasteiger partial charge in [-0.15, -0.1) is 0 Å². The van der Waals surface area contributed by atoms with Gasteiger partial charge in [-0.1, -0.05) is 12.2 Å². The third-order valence-electron chi connectivity index (χ3n) is 1.29. The second-order valence-electron chi connectivity index (χ2n) is 2.31. The number of carbonyl (C=O) groups excluding carboxylic acids is 1. The van der Waals surface area contributed by atoms with Gasteiger partial charge in [-0.05, 0) is 29.8 Å². The maximum atomic E-state index is 13.4. The van der Waals surface area contributed by atoms with Crippen LogP contribution in [0.5, 0.6) is 0 Å². The third kappa shape index (κ3) is 3.44. The molecule has 0 aromatic heterocycles. The molecule has 0 radical (unpaired) electrons. The van der Waals surface area contributed by atoms with Gasteiger partial charge in [0, 0.05) is 0 Å². The van der Waals surface area contributed by atoms with Crippen LogP contribution in [0.2, 0.25) is 0 Å². The monoisotopic (exact) mass is 254 g/mol. The summed E-state index contributed by atoms with van der Waals surface area (Å²) in [4.78, 5) is 10.9. The fraction of sp³-hybridized carbons (Fsp3) is 0.625. The van der Waals surface area contributed by atoms with Crippen molar-refractivity contribution in [1.82, 2.24) is 0 Å². The lowest BCUT2D eigenvalue weighted by Gasteiger charge is -2.19. The molecule has 2 atom stereocenters. The van der Waals surface area contributed by atoms with Gasteiger partial charge in [-0.2, -0.15) is 0 Å². The number of carbonyl (C=O) groups is 1. The van der Waals surface area contributed by atoms with Crippen molar-refractivity contribution in [3.63, 3.8) is 0 Å². The van der Waals surface area contributed by atoms with Gasteiger partial charge in [0.1, 0.15) is 6.10 Å². The molecule has 0 rings (SSSR count). The molecule has 0 bridgehead atoms. The average Bonchev–Trinajstić information content (AvgIpc) is 2.05. The smallest absolute Gasteiger partial charge is 0.358 e. The molecule has 1 N–H and O–H groups in total. The van der Waals surface area contributed by atoms with Crippen molar-refractivity contribution >= 4 is 21.9 Å². The van der Waals surface area contributed by atoms with E-state index in [1.54, 1.807) is 13.8 Å². The lowest BCUT2D eigenvalue weighted by molar-refractivity contribution is -0.154. The SMILES string of the molecule is C/C=C/[C@H](O)[C@@](F)(Br)C(=O)OCC. The number of rotatable bonds is 4. The predicted molar refractivity (Wildman–Crippen MR) is 50.2 cm³/mol. The molecular formula is C8H12BrFO3. The van der Waals surface area contributed by atoms with Crippen LogP contribution in [0.1, 0.15) is 13.8 Å². The fourth-order valence-electron chi connectivity index (χ4n) is 0.651. The van der Waals surface area contributed by atoms with Crippen molar-refractivity contribution in [2.24, 2.45) is 0 Å². The zero-order chi connectivity index (χ0) is 10.5. The van der Waals surface area contributed by atoms with Gasteiger partial charge in [0.25, 0.3) is 4.58 Å². The Morgan fingerprint density at radius 2 is 2.38 bits per heavy atom. The lowest BCUT2D eigenvalue weighted by atomic mass is 10.2. The van der Waals surface area contributed by atoms with Crippen LogP contribution in [0, 0.1) is 0 Å². The second kappa shape index (κ2) is 5.34. The van der Waals surface area contributed by atoms with Crippen molar-refractivity contribution in [2.75, 3.05) is 6.61 Å². The Morgan fingerprint density at radius 1 is 1.85 bits per heavy atom. The first kappa shape index (κ1) is 12.6. The molecule has 0 aliphatic heterocycles. The molecule has 0 aromatic rings. The summed E-state index contributed by atoms with van der Waals surface area (Å²) < 4.78 is 15.3. The van der Waals surface area contributed by atoms with E-state index >= 15 is 0 Å². The molecule has 0 aliphatic carbocycles. The summed E-state index contributed by atoms with van der Waals surface area (Å²) in [6.45, 7) is 3.24. The highest BCUT2D eigenvalue weighted by Gasteiger charge is 2.43. The molecule has 3 nitrogen and oxygen atoms in total. The van der Waals surface area contributed by atoms with E-state index in [4.69, 9.17) is 5.11 Å². The van der Waals surface area contributed by atoms with Crippen molar-refractivity contribution in [3.05, 3.63) is 12.2 Å². The number of alkyl halides is 2. The van der Waals surface area contributed by atoms with Crippen LogP contribution in [0.15, 0.2) is 12.2 Å².